The molecule has 0 spiro atoms. The Morgan fingerprint density at radius 3 is 2.40 bits per heavy atom. The molecule has 1 aliphatic rings. The number of ether oxygens (including phenoxy) is 1. The van der Waals surface area contributed by atoms with Gasteiger partial charge in [0.15, 0.2) is 0 Å². The van der Waals surface area contributed by atoms with Gasteiger partial charge in [0.1, 0.15) is 17.4 Å². The summed E-state index contributed by atoms with van der Waals surface area (Å²) in [6, 6.07) is 9.84. The third-order valence-electron chi connectivity index (χ3n) is 5.09. The Balaban J connectivity index is 1.42. The van der Waals surface area contributed by atoms with E-state index in [1.807, 2.05) is 6.07 Å². The number of furan rings is 1. The molecule has 1 fully saturated rings. The van der Waals surface area contributed by atoms with Crippen LogP contribution in [0.4, 0.5) is 18.9 Å². The molecule has 1 aliphatic heterocycles. The highest BCUT2D eigenvalue weighted by Crippen LogP contribution is 2.37. The Morgan fingerprint density at radius 1 is 1.13 bits per heavy atom. The van der Waals surface area contributed by atoms with Gasteiger partial charge in [-0.1, -0.05) is 0 Å². The van der Waals surface area contributed by atoms with E-state index in [9.17, 15) is 18.0 Å². The second-order valence-corrected chi connectivity index (χ2v) is 7.85. The van der Waals surface area contributed by atoms with Crippen molar-refractivity contribution in [2.75, 3.05) is 18.0 Å². The molecular weight excluding hydrogens is 467 g/mol. The number of carboxylic acid groups (broad SMARTS) is 1. The van der Waals surface area contributed by atoms with Crippen LogP contribution < -0.4 is 9.64 Å². The van der Waals surface area contributed by atoms with Gasteiger partial charge >= 0.3 is 12.1 Å². The monoisotopic (exact) mass is 483 g/mol. The topological polar surface area (TPSA) is 62.9 Å². The van der Waals surface area contributed by atoms with E-state index in [0.717, 1.165) is 22.3 Å². The second kappa shape index (κ2) is 7.86. The number of aromatic carboxylic acids is 1. The van der Waals surface area contributed by atoms with E-state index in [4.69, 9.17) is 14.3 Å². The van der Waals surface area contributed by atoms with E-state index in [2.05, 4.69) is 20.8 Å². The maximum absolute atomic E-state index is 12.7. The Bertz CT molecular complexity index is 1070. The molecule has 158 valence electrons. The number of alkyl halides is 3. The molecular formula is C21H17BrF3NO4. The van der Waals surface area contributed by atoms with E-state index in [0.29, 0.717) is 42.6 Å². The van der Waals surface area contributed by atoms with Crippen LogP contribution in [0.25, 0.3) is 11.0 Å². The molecule has 5 nitrogen and oxygen atoms in total. The van der Waals surface area contributed by atoms with Crippen molar-refractivity contribution >= 4 is 38.6 Å². The van der Waals surface area contributed by atoms with Crippen LogP contribution in [-0.4, -0.2) is 30.3 Å². The minimum absolute atomic E-state index is 0.0898. The lowest BCUT2D eigenvalue weighted by Crippen LogP contribution is -2.38. The van der Waals surface area contributed by atoms with Crippen LogP contribution in [0, 0.1) is 0 Å². The minimum Gasteiger partial charge on any atom is -0.490 e. The van der Waals surface area contributed by atoms with Crippen LogP contribution >= 0.6 is 15.9 Å². The van der Waals surface area contributed by atoms with E-state index in [1.54, 1.807) is 6.07 Å². The number of hydrogen-bond donors (Lipinski definition) is 1. The van der Waals surface area contributed by atoms with E-state index < -0.39 is 17.7 Å². The number of piperidine rings is 1. The highest BCUT2D eigenvalue weighted by molar-refractivity contribution is 9.10. The number of rotatable bonds is 4. The number of anilines is 1. The molecule has 2 aromatic carbocycles. The van der Waals surface area contributed by atoms with Gasteiger partial charge in [-0.15, -0.1) is 0 Å². The summed E-state index contributed by atoms with van der Waals surface area (Å²) in [5.41, 5.74) is 0.715. The van der Waals surface area contributed by atoms with Crippen molar-refractivity contribution in [2.45, 2.75) is 25.1 Å². The third kappa shape index (κ3) is 4.12. The lowest BCUT2D eigenvalue weighted by molar-refractivity contribution is -0.137. The fourth-order valence-electron chi connectivity index (χ4n) is 3.55. The van der Waals surface area contributed by atoms with Gasteiger partial charge in [-0.2, -0.15) is 13.2 Å². The van der Waals surface area contributed by atoms with Gasteiger partial charge in [-0.25, -0.2) is 4.79 Å². The molecule has 0 unspecified atom stereocenters. The molecule has 30 heavy (non-hydrogen) atoms. The zero-order valence-corrected chi connectivity index (χ0v) is 17.2. The molecule has 4 rings (SSSR count). The number of fused-ring (bicyclic) bond motifs is 1. The Labute approximate surface area is 178 Å². The summed E-state index contributed by atoms with van der Waals surface area (Å²) >= 11 is 3.55. The third-order valence-corrected chi connectivity index (χ3v) is 5.93. The lowest BCUT2D eigenvalue weighted by Gasteiger charge is -2.34. The van der Waals surface area contributed by atoms with E-state index in [-0.39, 0.29) is 11.9 Å². The van der Waals surface area contributed by atoms with Crippen molar-refractivity contribution in [3.63, 3.8) is 0 Å². The van der Waals surface area contributed by atoms with Crippen molar-refractivity contribution in [3.05, 3.63) is 58.3 Å². The quantitative estimate of drug-likeness (QED) is 0.495. The SMILES string of the molecule is O=C(O)c1cc2c(Br)c(N3CCC(Oc4ccc(C(F)(F)F)cc4)CC3)ccc2o1. The van der Waals surface area contributed by atoms with Crippen molar-refractivity contribution in [3.8, 4) is 5.75 Å². The first-order valence-electron chi connectivity index (χ1n) is 9.26. The zero-order valence-electron chi connectivity index (χ0n) is 15.6. The van der Waals surface area contributed by atoms with Gasteiger partial charge < -0.3 is 19.2 Å². The number of carboxylic acids is 1. The minimum atomic E-state index is -4.36. The Hall–Kier alpha value is -2.68. The summed E-state index contributed by atoms with van der Waals surface area (Å²) < 4.78 is 49.9. The molecule has 1 saturated heterocycles. The molecule has 0 atom stereocenters. The van der Waals surface area contributed by atoms with Crippen LogP contribution in [0.1, 0.15) is 29.0 Å². The van der Waals surface area contributed by atoms with Gasteiger partial charge in [-0.05, 0) is 52.3 Å². The number of benzene rings is 2. The Kier molecular flexibility index (Phi) is 5.40. The standard InChI is InChI=1S/C21H17BrF3NO4/c22-19-15-11-18(20(27)28)30-17(15)6-5-16(19)26-9-7-14(8-10-26)29-13-3-1-12(2-4-13)21(23,24)25/h1-6,11,14H,7-10H2,(H,27,28). The van der Waals surface area contributed by atoms with Crippen molar-refractivity contribution in [2.24, 2.45) is 0 Å². The highest BCUT2D eigenvalue weighted by atomic mass is 79.9. The molecule has 0 saturated carbocycles. The van der Waals surface area contributed by atoms with Crippen LogP contribution in [0.15, 0.2) is 51.4 Å². The predicted molar refractivity (Wildman–Crippen MR) is 108 cm³/mol. The fourth-order valence-corrected chi connectivity index (χ4v) is 4.24. The molecule has 0 amide bonds. The number of nitrogens with zero attached hydrogens (tertiary/aromatic N) is 1. The highest BCUT2D eigenvalue weighted by Gasteiger charge is 2.30. The molecule has 0 bridgehead atoms. The first kappa shape index (κ1) is 20.6. The fraction of sp³-hybridized carbons (Fsp3) is 0.286. The van der Waals surface area contributed by atoms with E-state index >= 15 is 0 Å². The summed E-state index contributed by atoms with van der Waals surface area (Å²) in [7, 11) is 0. The van der Waals surface area contributed by atoms with Crippen LogP contribution in [0.2, 0.25) is 0 Å². The first-order valence-corrected chi connectivity index (χ1v) is 10.1. The normalized spacial score (nSPS) is 15.5. The largest absolute Gasteiger partial charge is 0.490 e. The summed E-state index contributed by atoms with van der Waals surface area (Å²) in [5.74, 6) is -0.823. The van der Waals surface area contributed by atoms with Gasteiger partial charge in [0.25, 0.3) is 0 Å². The molecule has 0 aliphatic carbocycles. The van der Waals surface area contributed by atoms with Crippen LogP contribution in [0.5, 0.6) is 5.75 Å². The van der Waals surface area contributed by atoms with Gasteiger partial charge in [-0.3, -0.25) is 0 Å². The van der Waals surface area contributed by atoms with Gasteiger partial charge in [0, 0.05) is 37.4 Å². The first-order chi connectivity index (χ1) is 14.2. The maximum Gasteiger partial charge on any atom is 0.416 e. The molecule has 2 heterocycles. The predicted octanol–water partition coefficient (Wildman–Crippen LogP) is 5.96. The van der Waals surface area contributed by atoms with Crippen molar-refractivity contribution < 1.29 is 32.2 Å². The molecule has 1 N–H and O–H groups in total. The molecule has 0 radical (unpaired) electrons. The number of carbonyl (C=O) groups is 1. The summed E-state index contributed by atoms with van der Waals surface area (Å²) in [6.07, 6.45) is -3.04. The summed E-state index contributed by atoms with van der Waals surface area (Å²) in [6.45, 7) is 1.39. The van der Waals surface area contributed by atoms with Crippen LogP contribution in [0.3, 0.4) is 0 Å². The molecule has 9 heteroatoms. The maximum atomic E-state index is 12.7. The number of hydrogen-bond acceptors (Lipinski definition) is 4. The van der Waals surface area contributed by atoms with Gasteiger partial charge in [0.05, 0.1) is 15.7 Å². The van der Waals surface area contributed by atoms with Crippen molar-refractivity contribution in [1.29, 1.82) is 0 Å². The molecule has 3 aromatic rings. The molecule has 1 aromatic heterocycles. The van der Waals surface area contributed by atoms with Gasteiger partial charge in [0.2, 0.25) is 5.76 Å². The second-order valence-electron chi connectivity index (χ2n) is 7.05. The average molecular weight is 484 g/mol. The number of halogens is 4. The summed E-state index contributed by atoms with van der Waals surface area (Å²) in [4.78, 5) is 13.3. The average Bonchev–Trinajstić information content (AvgIpc) is 3.15. The van der Waals surface area contributed by atoms with E-state index in [1.165, 1.54) is 18.2 Å². The zero-order chi connectivity index (χ0) is 21.5. The Morgan fingerprint density at radius 2 is 1.80 bits per heavy atom. The van der Waals surface area contributed by atoms with Crippen LogP contribution in [-0.2, 0) is 6.18 Å². The van der Waals surface area contributed by atoms with Crippen molar-refractivity contribution in [1.82, 2.24) is 0 Å². The summed E-state index contributed by atoms with van der Waals surface area (Å²) in [5, 5.41) is 9.80. The lowest BCUT2D eigenvalue weighted by atomic mass is 10.1. The smallest absolute Gasteiger partial charge is 0.416 e.